The molecule has 0 aliphatic carbocycles. The fourth-order valence-corrected chi connectivity index (χ4v) is 4.88. The van der Waals surface area contributed by atoms with Crippen LogP contribution in [-0.2, 0) is 14.3 Å². The van der Waals surface area contributed by atoms with Crippen molar-refractivity contribution in [3.8, 4) is 5.75 Å². The summed E-state index contributed by atoms with van der Waals surface area (Å²) in [6, 6.07) is 14.0. The second-order valence-electron chi connectivity index (χ2n) is 7.84. The maximum atomic E-state index is 13.6. The molecule has 0 spiro atoms. The molecule has 0 saturated heterocycles. The lowest BCUT2D eigenvalue weighted by Crippen LogP contribution is -2.39. The molecule has 7 nitrogen and oxygen atoms in total. The Morgan fingerprint density at radius 3 is 2.50 bits per heavy atom. The van der Waals surface area contributed by atoms with Crippen molar-refractivity contribution >= 4 is 29.4 Å². The van der Waals surface area contributed by atoms with Crippen LogP contribution in [0.15, 0.2) is 69.6 Å². The van der Waals surface area contributed by atoms with Crippen LogP contribution >= 0.6 is 11.3 Å². The van der Waals surface area contributed by atoms with E-state index in [9.17, 15) is 14.4 Å². The molecular weight excluding hydrogens is 452 g/mol. The number of fused-ring (bicyclic) bond motifs is 1. The summed E-state index contributed by atoms with van der Waals surface area (Å²) in [6.45, 7) is 7.01. The third-order valence-electron chi connectivity index (χ3n) is 5.37. The quantitative estimate of drug-likeness (QED) is 0.417. The normalized spacial score (nSPS) is 15.5. The van der Waals surface area contributed by atoms with Crippen LogP contribution in [0, 0.1) is 6.92 Å². The lowest BCUT2D eigenvalue weighted by molar-refractivity contribution is -0.139. The highest BCUT2D eigenvalue weighted by molar-refractivity contribution is 7.07. The Labute approximate surface area is 200 Å². The van der Waals surface area contributed by atoms with Gasteiger partial charge < -0.3 is 9.47 Å². The van der Waals surface area contributed by atoms with Gasteiger partial charge in [-0.15, -0.1) is 0 Å². The molecular formula is C26H24N2O5S. The molecule has 1 aliphatic heterocycles. The number of benzene rings is 2. The number of allylic oxidation sites excluding steroid dienone is 1. The van der Waals surface area contributed by atoms with Gasteiger partial charge >= 0.3 is 11.9 Å². The van der Waals surface area contributed by atoms with E-state index in [-0.39, 0.29) is 12.2 Å². The zero-order valence-corrected chi connectivity index (χ0v) is 20.1. The summed E-state index contributed by atoms with van der Waals surface area (Å²) in [6.07, 6.45) is 1.68. The van der Waals surface area contributed by atoms with Crippen LogP contribution in [0.5, 0.6) is 5.75 Å². The first-order valence-electron chi connectivity index (χ1n) is 10.8. The van der Waals surface area contributed by atoms with E-state index in [4.69, 9.17) is 9.47 Å². The molecule has 1 aliphatic rings. The van der Waals surface area contributed by atoms with Gasteiger partial charge in [0.1, 0.15) is 5.75 Å². The van der Waals surface area contributed by atoms with Gasteiger partial charge in [-0.2, -0.15) is 0 Å². The van der Waals surface area contributed by atoms with Gasteiger partial charge in [0.05, 0.1) is 28.5 Å². The average molecular weight is 477 g/mol. The number of ether oxygens (including phenoxy) is 2. The van der Waals surface area contributed by atoms with E-state index in [0.717, 1.165) is 11.1 Å². The average Bonchev–Trinajstić information content (AvgIpc) is 3.09. The summed E-state index contributed by atoms with van der Waals surface area (Å²) < 4.78 is 12.5. The van der Waals surface area contributed by atoms with Gasteiger partial charge in [-0.05, 0) is 38.5 Å². The highest BCUT2D eigenvalue weighted by Gasteiger charge is 2.33. The number of aryl methyl sites for hydroxylation is 1. The summed E-state index contributed by atoms with van der Waals surface area (Å²) in [7, 11) is 0. The first kappa shape index (κ1) is 23.4. The van der Waals surface area contributed by atoms with Crippen LogP contribution < -0.4 is 19.6 Å². The van der Waals surface area contributed by atoms with E-state index in [1.165, 1.54) is 22.8 Å². The van der Waals surface area contributed by atoms with Crippen LogP contribution in [0.25, 0.3) is 6.08 Å². The molecule has 0 bridgehead atoms. The van der Waals surface area contributed by atoms with Crippen LogP contribution in [-0.4, -0.2) is 23.1 Å². The molecule has 4 rings (SSSR count). The standard InChI is InChI=1S/C26H24N2O5S/c1-5-32-25(31)22-16(3)27-26-28(23(22)18-12-10-15(2)11-13-18)24(30)21(34-26)14-19-8-6-7-9-20(19)33-17(4)29/h6-14,23H,5H2,1-4H3/b21-14+/t23-/m1/s1. The number of nitrogens with zero attached hydrogens (tertiary/aromatic N) is 2. The van der Waals surface area contributed by atoms with Crippen molar-refractivity contribution in [2.45, 2.75) is 33.7 Å². The smallest absolute Gasteiger partial charge is 0.338 e. The summed E-state index contributed by atoms with van der Waals surface area (Å²) in [5, 5.41) is 0. The number of para-hydroxylation sites is 1. The number of carbonyl (C=O) groups is 2. The molecule has 0 unspecified atom stereocenters. The van der Waals surface area contributed by atoms with Crippen molar-refractivity contribution in [1.29, 1.82) is 0 Å². The molecule has 0 saturated carbocycles. The minimum atomic E-state index is -0.665. The molecule has 2 aromatic carbocycles. The molecule has 0 fully saturated rings. The maximum Gasteiger partial charge on any atom is 0.338 e. The predicted octanol–water partition coefficient (Wildman–Crippen LogP) is 3.03. The highest BCUT2D eigenvalue weighted by atomic mass is 32.1. The minimum absolute atomic E-state index is 0.216. The molecule has 0 amide bonds. The number of thiazole rings is 1. The van der Waals surface area contributed by atoms with Gasteiger partial charge in [-0.1, -0.05) is 59.4 Å². The van der Waals surface area contributed by atoms with Gasteiger partial charge in [0.15, 0.2) is 4.80 Å². The van der Waals surface area contributed by atoms with Gasteiger partial charge in [-0.25, -0.2) is 9.79 Å². The molecule has 1 aromatic heterocycles. The lowest BCUT2D eigenvalue weighted by atomic mass is 9.95. The molecule has 0 N–H and O–H groups in total. The molecule has 34 heavy (non-hydrogen) atoms. The Morgan fingerprint density at radius 2 is 1.82 bits per heavy atom. The summed E-state index contributed by atoms with van der Waals surface area (Å²) in [5.41, 5.74) is 3.01. The van der Waals surface area contributed by atoms with Crippen LogP contribution in [0.2, 0.25) is 0 Å². The van der Waals surface area contributed by atoms with Gasteiger partial charge in [-0.3, -0.25) is 14.2 Å². The number of esters is 2. The monoisotopic (exact) mass is 476 g/mol. The highest BCUT2D eigenvalue weighted by Crippen LogP contribution is 2.30. The van der Waals surface area contributed by atoms with Crippen molar-refractivity contribution in [2.24, 2.45) is 4.99 Å². The molecule has 3 aromatic rings. The van der Waals surface area contributed by atoms with Crippen molar-refractivity contribution < 1.29 is 19.1 Å². The Balaban J connectivity index is 1.94. The van der Waals surface area contributed by atoms with Crippen LogP contribution in [0.1, 0.15) is 43.5 Å². The van der Waals surface area contributed by atoms with Gasteiger partial charge in [0, 0.05) is 12.5 Å². The number of rotatable bonds is 5. The number of aromatic nitrogens is 1. The number of hydrogen-bond acceptors (Lipinski definition) is 7. The third kappa shape index (κ3) is 4.49. The Bertz CT molecular complexity index is 1480. The minimum Gasteiger partial charge on any atom is -0.463 e. The summed E-state index contributed by atoms with van der Waals surface area (Å²) >= 11 is 1.22. The third-order valence-corrected chi connectivity index (χ3v) is 6.35. The topological polar surface area (TPSA) is 87.0 Å². The van der Waals surface area contributed by atoms with Gasteiger partial charge in [0.2, 0.25) is 0 Å². The van der Waals surface area contributed by atoms with Crippen LogP contribution in [0.4, 0.5) is 0 Å². The summed E-state index contributed by atoms with van der Waals surface area (Å²) in [4.78, 5) is 43.1. The second-order valence-corrected chi connectivity index (χ2v) is 8.85. The lowest BCUT2D eigenvalue weighted by Gasteiger charge is -2.24. The van der Waals surface area contributed by atoms with E-state index in [1.807, 2.05) is 31.2 Å². The second kappa shape index (κ2) is 9.61. The largest absolute Gasteiger partial charge is 0.463 e. The van der Waals surface area contributed by atoms with E-state index >= 15 is 0 Å². The Morgan fingerprint density at radius 1 is 1.12 bits per heavy atom. The zero-order chi connectivity index (χ0) is 24.4. The summed E-state index contributed by atoms with van der Waals surface area (Å²) in [5.74, 6) is -0.584. The SMILES string of the molecule is CCOC(=O)C1=C(C)N=c2s/c(=C/c3ccccc3OC(C)=O)c(=O)n2[C@@H]1c1ccc(C)cc1. The van der Waals surface area contributed by atoms with Crippen molar-refractivity contribution in [2.75, 3.05) is 6.61 Å². The first-order chi connectivity index (χ1) is 16.3. The molecule has 1 atom stereocenters. The zero-order valence-electron chi connectivity index (χ0n) is 19.3. The Hall–Kier alpha value is -3.78. The van der Waals surface area contributed by atoms with E-state index < -0.39 is 18.0 Å². The molecule has 8 heteroatoms. The number of carbonyl (C=O) groups excluding carboxylic acids is 2. The van der Waals surface area contributed by atoms with E-state index in [0.29, 0.717) is 31.9 Å². The van der Waals surface area contributed by atoms with E-state index in [2.05, 4.69) is 4.99 Å². The predicted molar refractivity (Wildman–Crippen MR) is 129 cm³/mol. The Kier molecular flexibility index (Phi) is 6.61. The maximum absolute atomic E-state index is 13.6. The fraction of sp³-hybridized carbons (Fsp3) is 0.231. The van der Waals surface area contributed by atoms with E-state index in [1.54, 1.807) is 44.2 Å². The van der Waals surface area contributed by atoms with Crippen LogP contribution in [0.3, 0.4) is 0 Å². The number of hydrogen-bond donors (Lipinski definition) is 0. The first-order valence-corrected chi connectivity index (χ1v) is 11.7. The molecule has 2 heterocycles. The van der Waals surface area contributed by atoms with Gasteiger partial charge in [0.25, 0.3) is 5.56 Å². The van der Waals surface area contributed by atoms with Crippen molar-refractivity contribution in [3.63, 3.8) is 0 Å². The van der Waals surface area contributed by atoms with Crippen molar-refractivity contribution in [3.05, 3.63) is 96.2 Å². The molecule has 174 valence electrons. The molecule has 0 radical (unpaired) electrons. The fourth-order valence-electron chi connectivity index (χ4n) is 3.84. The van der Waals surface area contributed by atoms with Crippen molar-refractivity contribution in [1.82, 2.24) is 4.57 Å².